The number of amides is 1. The lowest BCUT2D eigenvalue weighted by molar-refractivity contribution is -0.118. The number of hydrazine groups is 1. The van der Waals surface area contributed by atoms with Crippen LogP contribution in [0.3, 0.4) is 0 Å². The van der Waals surface area contributed by atoms with E-state index in [0.29, 0.717) is 6.61 Å². The summed E-state index contributed by atoms with van der Waals surface area (Å²) in [5, 5.41) is 5.49. The van der Waals surface area contributed by atoms with Crippen molar-refractivity contribution >= 4 is 22.4 Å². The van der Waals surface area contributed by atoms with E-state index in [1.165, 1.54) is 0 Å². The summed E-state index contributed by atoms with van der Waals surface area (Å²) in [4.78, 5) is 12.0. The molecule has 4 heteroatoms. The summed E-state index contributed by atoms with van der Waals surface area (Å²) in [6.07, 6.45) is 0. The smallest absolute Gasteiger partial charge is 0.238 e. The Balaban J connectivity index is 2.74. The van der Waals surface area contributed by atoms with Gasteiger partial charge in [0.05, 0.1) is 6.61 Å². The second kappa shape index (κ2) is 5.92. The van der Waals surface area contributed by atoms with E-state index in [-0.39, 0.29) is 5.91 Å². The Bertz CT molecular complexity index is 623. The van der Waals surface area contributed by atoms with Crippen molar-refractivity contribution in [2.75, 3.05) is 25.7 Å². The first-order chi connectivity index (χ1) is 9.56. The molecule has 0 spiro atoms. The zero-order valence-corrected chi connectivity index (χ0v) is 12.4. The van der Waals surface area contributed by atoms with Gasteiger partial charge in [-0.15, -0.1) is 0 Å². The van der Waals surface area contributed by atoms with E-state index in [4.69, 9.17) is 4.74 Å². The lowest BCUT2D eigenvalue weighted by Gasteiger charge is -2.30. The average Bonchev–Trinajstić information content (AvgIpc) is 2.40. The Morgan fingerprint density at radius 3 is 2.45 bits per heavy atom. The van der Waals surface area contributed by atoms with Gasteiger partial charge in [-0.2, -0.15) is 0 Å². The van der Waals surface area contributed by atoms with Gasteiger partial charge in [0.15, 0.2) is 0 Å². The fourth-order valence-electron chi connectivity index (χ4n) is 2.36. The molecule has 0 saturated heterocycles. The van der Waals surface area contributed by atoms with Gasteiger partial charge in [0.2, 0.25) is 5.91 Å². The van der Waals surface area contributed by atoms with Gasteiger partial charge in [0.1, 0.15) is 11.4 Å². The molecule has 2 aromatic rings. The van der Waals surface area contributed by atoms with Crippen LogP contribution in [0.25, 0.3) is 10.8 Å². The third-order valence-corrected chi connectivity index (χ3v) is 3.07. The van der Waals surface area contributed by atoms with Crippen LogP contribution in [-0.2, 0) is 4.79 Å². The summed E-state index contributed by atoms with van der Waals surface area (Å²) in [7, 11) is 3.69. The molecule has 0 aliphatic rings. The van der Waals surface area contributed by atoms with Gasteiger partial charge in [-0.3, -0.25) is 4.79 Å². The number of hydrogen-bond acceptors (Lipinski definition) is 3. The van der Waals surface area contributed by atoms with Crippen LogP contribution in [0.2, 0.25) is 0 Å². The molecule has 106 valence electrons. The molecule has 0 aromatic heterocycles. The van der Waals surface area contributed by atoms with Crippen LogP contribution >= 0.6 is 0 Å². The molecule has 0 fully saturated rings. The van der Waals surface area contributed by atoms with Crippen LogP contribution < -0.4 is 9.75 Å². The molecule has 0 aliphatic carbocycles. The first kappa shape index (κ1) is 14.3. The van der Waals surface area contributed by atoms with Gasteiger partial charge < -0.3 is 4.74 Å². The summed E-state index contributed by atoms with van der Waals surface area (Å²) in [5.41, 5.74) is 0.794. The van der Waals surface area contributed by atoms with Crippen molar-refractivity contribution < 1.29 is 9.53 Å². The zero-order valence-electron chi connectivity index (χ0n) is 12.4. The lowest BCUT2D eigenvalue weighted by Crippen LogP contribution is -2.41. The van der Waals surface area contributed by atoms with Crippen molar-refractivity contribution in [2.24, 2.45) is 0 Å². The fourth-order valence-corrected chi connectivity index (χ4v) is 2.36. The highest BCUT2D eigenvalue weighted by atomic mass is 16.5. The Kier molecular flexibility index (Phi) is 4.25. The number of carbonyl (C=O) groups is 1. The monoisotopic (exact) mass is 272 g/mol. The van der Waals surface area contributed by atoms with E-state index in [1.807, 2.05) is 57.4 Å². The Morgan fingerprint density at radius 1 is 1.15 bits per heavy atom. The van der Waals surface area contributed by atoms with E-state index in [0.717, 1.165) is 22.2 Å². The number of hydrogen-bond donors (Lipinski definition) is 0. The SMILES string of the molecule is CCOc1ccc2ccccc2c1N(C(C)=O)N(C)C. The van der Waals surface area contributed by atoms with Crippen molar-refractivity contribution in [3.8, 4) is 5.75 Å². The van der Waals surface area contributed by atoms with Crippen molar-refractivity contribution in [3.63, 3.8) is 0 Å². The summed E-state index contributed by atoms with van der Waals surface area (Å²) < 4.78 is 5.71. The maximum Gasteiger partial charge on any atom is 0.238 e. The van der Waals surface area contributed by atoms with Gasteiger partial charge in [-0.05, 0) is 18.4 Å². The number of carbonyl (C=O) groups excluding carboxylic acids is 1. The molecule has 0 N–H and O–H groups in total. The van der Waals surface area contributed by atoms with Crippen molar-refractivity contribution in [1.29, 1.82) is 0 Å². The topological polar surface area (TPSA) is 32.8 Å². The molecule has 0 atom stereocenters. The highest BCUT2D eigenvalue weighted by Crippen LogP contribution is 2.37. The van der Waals surface area contributed by atoms with E-state index >= 15 is 0 Å². The molecule has 0 heterocycles. The predicted molar refractivity (Wildman–Crippen MR) is 82.0 cm³/mol. The number of nitrogens with zero attached hydrogens (tertiary/aromatic N) is 2. The molecule has 0 aliphatic heterocycles. The van der Waals surface area contributed by atoms with Gasteiger partial charge in [0.25, 0.3) is 0 Å². The molecule has 0 radical (unpaired) electrons. The number of benzene rings is 2. The fraction of sp³-hybridized carbons (Fsp3) is 0.312. The Labute approximate surface area is 119 Å². The molecule has 2 rings (SSSR count). The second-order valence-corrected chi connectivity index (χ2v) is 4.74. The van der Waals surface area contributed by atoms with E-state index < -0.39 is 0 Å². The van der Waals surface area contributed by atoms with Crippen LogP contribution in [-0.4, -0.2) is 31.6 Å². The van der Waals surface area contributed by atoms with Crippen LogP contribution in [0.4, 0.5) is 5.69 Å². The first-order valence-electron chi connectivity index (χ1n) is 6.68. The standard InChI is InChI=1S/C16H20N2O2/c1-5-20-15-11-10-13-8-6-7-9-14(13)16(15)18(12(2)19)17(3)4/h6-11H,5H2,1-4H3. The van der Waals surface area contributed by atoms with E-state index in [1.54, 1.807) is 16.9 Å². The maximum atomic E-state index is 12.0. The van der Waals surface area contributed by atoms with E-state index in [2.05, 4.69) is 0 Å². The number of rotatable bonds is 4. The minimum absolute atomic E-state index is 0.0488. The minimum Gasteiger partial charge on any atom is -0.492 e. The van der Waals surface area contributed by atoms with Crippen LogP contribution in [0, 0.1) is 0 Å². The van der Waals surface area contributed by atoms with Gasteiger partial charge in [0, 0.05) is 26.4 Å². The molecule has 2 aromatic carbocycles. The minimum atomic E-state index is -0.0488. The Morgan fingerprint density at radius 2 is 1.85 bits per heavy atom. The third kappa shape index (κ3) is 2.60. The van der Waals surface area contributed by atoms with Crippen molar-refractivity contribution in [3.05, 3.63) is 36.4 Å². The number of fused-ring (bicyclic) bond motifs is 1. The molecular formula is C16H20N2O2. The number of anilines is 1. The first-order valence-corrected chi connectivity index (χ1v) is 6.68. The second-order valence-electron chi connectivity index (χ2n) is 4.74. The largest absolute Gasteiger partial charge is 0.492 e. The van der Waals surface area contributed by atoms with Crippen LogP contribution in [0.15, 0.2) is 36.4 Å². The maximum absolute atomic E-state index is 12.0. The highest BCUT2D eigenvalue weighted by Gasteiger charge is 2.21. The van der Waals surface area contributed by atoms with Gasteiger partial charge in [-0.25, -0.2) is 10.0 Å². The molecule has 4 nitrogen and oxygen atoms in total. The zero-order chi connectivity index (χ0) is 14.7. The third-order valence-electron chi connectivity index (χ3n) is 3.07. The summed E-state index contributed by atoms with van der Waals surface area (Å²) in [6, 6.07) is 11.9. The number of ether oxygens (including phenoxy) is 1. The summed E-state index contributed by atoms with van der Waals surface area (Å²) in [6.45, 7) is 4.05. The summed E-state index contributed by atoms with van der Waals surface area (Å²) >= 11 is 0. The normalized spacial score (nSPS) is 10.8. The molecular weight excluding hydrogens is 252 g/mol. The van der Waals surface area contributed by atoms with Gasteiger partial charge >= 0.3 is 0 Å². The quantitative estimate of drug-likeness (QED) is 0.802. The Hall–Kier alpha value is -2.07. The molecule has 20 heavy (non-hydrogen) atoms. The highest BCUT2D eigenvalue weighted by molar-refractivity contribution is 6.05. The average molecular weight is 272 g/mol. The van der Waals surface area contributed by atoms with Crippen molar-refractivity contribution in [1.82, 2.24) is 5.01 Å². The molecule has 0 bridgehead atoms. The molecule has 1 amide bonds. The van der Waals surface area contributed by atoms with Crippen LogP contribution in [0.5, 0.6) is 5.75 Å². The lowest BCUT2D eigenvalue weighted by atomic mass is 10.1. The predicted octanol–water partition coefficient (Wildman–Crippen LogP) is 3.07. The van der Waals surface area contributed by atoms with E-state index in [9.17, 15) is 4.79 Å². The summed E-state index contributed by atoms with van der Waals surface area (Å²) in [5.74, 6) is 0.669. The van der Waals surface area contributed by atoms with Gasteiger partial charge in [-0.1, -0.05) is 30.3 Å². The molecule has 0 saturated carbocycles. The molecule has 0 unspecified atom stereocenters. The van der Waals surface area contributed by atoms with Crippen molar-refractivity contribution in [2.45, 2.75) is 13.8 Å². The van der Waals surface area contributed by atoms with Crippen LogP contribution in [0.1, 0.15) is 13.8 Å².